The van der Waals surface area contributed by atoms with Gasteiger partial charge in [-0.15, -0.1) is 0 Å². The quantitative estimate of drug-likeness (QED) is 0.540. The number of carbonyl (C=O) groups excluding carboxylic acids is 1. The van der Waals surface area contributed by atoms with Gasteiger partial charge < -0.3 is 0 Å². The summed E-state index contributed by atoms with van der Waals surface area (Å²) in [4.78, 5) is 11.8. The van der Waals surface area contributed by atoms with Crippen molar-refractivity contribution in [2.75, 3.05) is 0 Å². The summed E-state index contributed by atoms with van der Waals surface area (Å²) < 4.78 is 0.182. The predicted octanol–water partition coefficient (Wildman–Crippen LogP) is 5.49. The van der Waals surface area contributed by atoms with Crippen LogP contribution in [0.1, 0.15) is 22.8 Å². The number of alkyl halides is 3. The van der Waals surface area contributed by atoms with E-state index in [1.807, 2.05) is 37.4 Å². The molecule has 0 spiro atoms. The Morgan fingerprint density at radius 3 is 2.35 bits per heavy atom. The van der Waals surface area contributed by atoms with Gasteiger partial charge in [-0.3, -0.25) is 8.77 Å². The number of ketones is 1. The van der Waals surface area contributed by atoms with Crippen LogP contribution >= 0.6 is 46.8 Å². The van der Waals surface area contributed by atoms with Gasteiger partial charge in [-0.2, -0.15) is 0 Å². The highest BCUT2D eigenvalue weighted by Gasteiger charge is 2.23. The van der Waals surface area contributed by atoms with E-state index in [9.17, 15) is 4.79 Å². The van der Waals surface area contributed by atoms with Gasteiger partial charge in [-0.25, -0.2) is 0 Å². The molecule has 6 heteroatoms. The molecule has 0 bridgehead atoms. The molecule has 1 heterocycles. The Bertz CT molecular complexity index is 646. The summed E-state index contributed by atoms with van der Waals surface area (Å²) >= 11 is 18.3. The molecule has 1 aromatic heterocycles. The average Bonchev–Trinajstić information content (AvgIpc) is 2.71. The van der Waals surface area contributed by atoms with Gasteiger partial charge in [0.25, 0.3) is 3.12 Å². The number of carbonyl (C=O) groups is 1. The van der Waals surface area contributed by atoms with Crippen LogP contribution in [0.2, 0.25) is 0 Å². The second-order valence-electron chi connectivity index (χ2n) is 4.35. The van der Waals surface area contributed by atoms with Crippen molar-refractivity contribution in [3.8, 4) is 11.1 Å². The van der Waals surface area contributed by atoms with Gasteiger partial charge in [0, 0.05) is 35.5 Å². The van der Waals surface area contributed by atoms with Crippen LogP contribution in [-0.2, 0) is 0 Å². The van der Waals surface area contributed by atoms with Gasteiger partial charge >= 0.3 is 0 Å². The van der Waals surface area contributed by atoms with Crippen LogP contribution < -0.4 is 0 Å². The van der Waals surface area contributed by atoms with Crippen LogP contribution in [0.25, 0.3) is 11.1 Å². The molecule has 20 heavy (non-hydrogen) atoms. The normalized spacial score (nSPS) is 11.7. The lowest BCUT2D eigenvalue weighted by atomic mass is 9.98. The molecule has 0 fully saturated rings. The number of benzene rings is 1. The smallest absolute Gasteiger partial charge is 0.256 e. The topological polar surface area (TPSA) is 22.0 Å². The number of nitrogens with zero attached hydrogens (tertiary/aromatic N) is 1. The molecule has 2 nitrogen and oxygen atoms in total. The Labute approximate surface area is 137 Å². The van der Waals surface area contributed by atoms with E-state index in [1.54, 1.807) is 10.2 Å². The third kappa shape index (κ3) is 3.73. The van der Waals surface area contributed by atoms with Crippen molar-refractivity contribution >= 4 is 52.5 Å². The first kappa shape index (κ1) is 15.8. The predicted molar refractivity (Wildman–Crippen MR) is 87.9 cm³/mol. The SMILES string of the molecule is CC(=O)c1cn(SC(Cl)(Cl)Cl)cc1-c1ccccc1C. The summed E-state index contributed by atoms with van der Waals surface area (Å²) in [7, 11) is 0. The van der Waals surface area contributed by atoms with E-state index >= 15 is 0 Å². The highest BCUT2D eigenvalue weighted by atomic mass is 35.6. The molecule has 0 atom stereocenters. The fourth-order valence-corrected chi connectivity index (χ4v) is 3.25. The van der Waals surface area contributed by atoms with E-state index < -0.39 is 3.12 Å². The van der Waals surface area contributed by atoms with Crippen molar-refractivity contribution in [1.82, 2.24) is 3.97 Å². The molecule has 1 aromatic carbocycles. The van der Waals surface area contributed by atoms with Gasteiger partial charge in [-0.1, -0.05) is 59.1 Å². The standard InChI is InChI=1S/C14H12Cl3NOS/c1-9-5-3-4-6-11(9)13-8-18(20-14(15,16)17)7-12(13)10(2)19/h3-8H,1-2H3. The molecule has 2 aromatic rings. The minimum atomic E-state index is -1.48. The lowest BCUT2D eigenvalue weighted by molar-refractivity contribution is 0.101. The number of hydrogen-bond acceptors (Lipinski definition) is 2. The second-order valence-corrected chi connectivity index (χ2v) is 8.52. The molecule has 0 aliphatic heterocycles. The Hall–Kier alpha value is -0.610. The molecular weight excluding hydrogens is 337 g/mol. The highest BCUT2D eigenvalue weighted by molar-refractivity contribution is 8.03. The summed E-state index contributed by atoms with van der Waals surface area (Å²) in [6, 6.07) is 7.87. The summed E-state index contributed by atoms with van der Waals surface area (Å²) in [5, 5.41) is 0. The van der Waals surface area contributed by atoms with Gasteiger partial charge in [0.1, 0.15) is 0 Å². The first-order valence-corrected chi connectivity index (χ1v) is 7.74. The van der Waals surface area contributed by atoms with Crippen LogP contribution in [0.3, 0.4) is 0 Å². The molecule has 2 rings (SSSR count). The average molecular weight is 349 g/mol. The minimum Gasteiger partial charge on any atom is -0.294 e. The molecule has 0 amide bonds. The Balaban J connectivity index is 2.52. The monoisotopic (exact) mass is 347 g/mol. The molecule has 0 radical (unpaired) electrons. The largest absolute Gasteiger partial charge is 0.294 e. The van der Waals surface area contributed by atoms with Crippen molar-refractivity contribution < 1.29 is 4.79 Å². The maximum absolute atomic E-state index is 11.8. The molecule has 0 aliphatic rings. The van der Waals surface area contributed by atoms with E-state index in [2.05, 4.69) is 0 Å². The Morgan fingerprint density at radius 2 is 1.80 bits per heavy atom. The van der Waals surface area contributed by atoms with Crippen molar-refractivity contribution in [3.63, 3.8) is 0 Å². The number of aryl methyl sites for hydroxylation is 1. The molecule has 0 saturated carbocycles. The van der Waals surface area contributed by atoms with Crippen molar-refractivity contribution in [1.29, 1.82) is 0 Å². The zero-order valence-corrected chi connectivity index (χ0v) is 13.9. The van der Waals surface area contributed by atoms with Gasteiger partial charge in [0.05, 0.1) is 0 Å². The number of aromatic nitrogens is 1. The zero-order chi connectivity index (χ0) is 14.9. The summed E-state index contributed by atoms with van der Waals surface area (Å²) in [5.41, 5.74) is 3.55. The van der Waals surface area contributed by atoms with E-state index in [0.29, 0.717) is 5.56 Å². The lowest BCUT2D eigenvalue weighted by Crippen LogP contribution is -1.98. The van der Waals surface area contributed by atoms with E-state index in [0.717, 1.165) is 28.6 Å². The van der Waals surface area contributed by atoms with E-state index in [-0.39, 0.29) is 5.78 Å². The number of halogens is 3. The van der Waals surface area contributed by atoms with Crippen molar-refractivity contribution in [2.45, 2.75) is 17.0 Å². The summed E-state index contributed by atoms with van der Waals surface area (Å²) in [6.07, 6.45) is 3.50. The van der Waals surface area contributed by atoms with Gasteiger partial charge in [-0.05, 0) is 25.0 Å². The van der Waals surface area contributed by atoms with E-state index in [4.69, 9.17) is 34.8 Å². The first-order chi connectivity index (χ1) is 9.28. The van der Waals surface area contributed by atoms with Crippen LogP contribution in [0.5, 0.6) is 0 Å². The Morgan fingerprint density at radius 1 is 1.15 bits per heavy atom. The van der Waals surface area contributed by atoms with Crippen LogP contribution in [0.15, 0.2) is 36.7 Å². The fourth-order valence-electron chi connectivity index (χ4n) is 1.97. The van der Waals surface area contributed by atoms with Crippen LogP contribution in [0.4, 0.5) is 0 Å². The van der Waals surface area contributed by atoms with Crippen LogP contribution in [0, 0.1) is 6.92 Å². The molecule has 0 unspecified atom stereocenters. The maximum Gasteiger partial charge on any atom is 0.256 e. The zero-order valence-electron chi connectivity index (χ0n) is 10.9. The fraction of sp³-hybridized carbons (Fsp3) is 0.214. The van der Waals surface area contributed by atoms with Crippen LogP contribution in [-0.4, -0.2) is 12.9 Å². The Kier molecular flexibility index (Phi) is 4.75. The third-order valence-electron chi connectivity index (χ3n) is 2.83. The molecule has 0 saturated heterocycles. The molecule has 0 N–H and O–H groups in total. The second kappa shape index (κ2) is 6.02. The maximum atomic E-state index is 11.8. The molecule has 106 valence electrons. The molecule has 0 aliphatic carbocycles. The molecular formula is C14H12Cl3NOS. The lowest BCUT2D eigenvalue weighted by Gasteiger charge is -2.09. The number of Topliss-reactive ketones (excluding diaryl/α,β-unsaturated/α-hetero) is 1. The first-order valence-electron chi connectivity index (χ1n) is 5.83. The minimum absolute atomic E-state index is 0.0214. The summed E-state index contributed by atoms with van der Waals surface area (Å²) in [5.74, 6) is -0.0214. The number of hydrogen-bond donors (Lipinski definition) is 0. The van der Waals surface area contributed by atoms with E-state index in [1.165, 1.54) is 6.92 Å². The van der Waals surface area contributed by atoms with Gasteiger partial charge in [0.2, 0.25) is 0 Å². The highest BCUT2D eigenvalue weighted by Crippen LogP contribution is 2.41. The van der Waals surface area contributed by atoms with Gasteiger partial charge in [0.15, 0.2) is 5.78 Å². The summed E-state index contributed by atoms with van der Waals surface area (Å²) in [6.45, 7) is 3.53. The third-order valence-corrected chi connectivity index (χ3v) is 4.08. The van der Waals surface area contributed by atoms with Crippen molar-refractivity contribution in [3.05, 3.63) is 47.8 Å². The van der Waals surface area contributed by atoms with Crippen molar-refractivity contribution in [2.24, 2.45) is 0 Å². The number of rotatable bonds is 3.